The highest BCUT2D eigenvalue weighted by atomic mass is 32.1. The van der Waals surface area contributed by atoms with Gasteiger partial charge in [0.15, 0.2) is 0 Å². The van der Waals surface area contributed by atoms with E-state index in [4.69, 9.17) is 5.73 Å². The lowest BCUT2D eigenvalue weighted by Crippen LogP contribution is -2.13. The number of aromatic nitrogens is 2. The average molecular weight is 250 g/mol. The second kappa shape index (κ2) is 5.33. The van der Waals surface area contributed by atoms with Crippen LogP contribution >= 0.6 is 11.3 Å². The molecule has 0 aliphatic rings. The quantitative estimate of drug-likeness (QED) is 0.852. The number of nitrogens with zero attached hydrogens (tertiary/aromatic N) is 2. The minimum absolute atomic E-state index is 0.821. The van der Waals surface area contributed by atoms with E-state index in [0.29, 0.717) is 0 Å². The molecule has 0 aromatic carbocycles. The SMILES string of the molecule is CCc1nn(C)cc1CNCc1sccc1N. The number of nitrogens with one attached hydrogen (secondary N) is 1. The Kier molecular flexibility index (Phi) is 3.81. The van der Waals surface area contributed by atoms with Crippen molar-refractivity contribution < 1.29 is 0 Å². The summed E-state index contributed by atoms with van der Waals surface area (Å²) in [5.74, 6) is 0. The number of nitrogen functional groups attached to an aromatic ring is 1. The molecule has 0 aliphatic heterocycles. The van der Waals surface area contributed by atoms with Gasteiger partial charge in [0.05, 0.1) is 5.69 Å². The Morgan fingerprint density at radius 2 is 2.29 bits per heavy atom. The zero-order valence-electron chi connectivity index (χ0n) is 10.2. The van der Waals surface area contributed by atoms with Crippen LogP contribution < -0.4 is 11.1 Å². The normalized spacial score (nSPS) is 10.9. The van der Waals surface area contributed by atoms with E-state index in [9.17, 15) is 0 Å². The van der Waals surface area contributed by atoms with Gasteiger partial charge in [0.1, 0.15) is 0 Å². The van der Waals surface area contributed by atoms with Gasteiger partial charge in [-0.3, -0.25) is 4.68 Å². The van der Waals surface area contributed by atoms with Crippen LogP contribution in [0.3, 0.4) is 0 Å². The molecule has 0 bridgehead atoms. The van der Waals surface area contributed by atoms with Gasteiger partial charge in [-0.1, -0.05) is 6.92 Å². The summed E-state index contributed by atoms with van der Waals surface area (Å²) < 4.78 is 1.87. The third-order valence-electron chi connectivity index (χ3n) is 2.71. The Balaban J connectivity index is 1.92. The highest BCUT2D eigenvalue weighted by molar-refractivity contribution is 7.10. The second-order valence-electron chi connectivity index (χ2n) is 4.03. The number of aryl methyl sites for hydroxylation is 2. The number of rotatable bonds is 5. The number of thiophene rings is 1. The Hall–Kier alpha value is -1.33. The maximum atomic E-state index is 5.83. The van der Waals surface area contributed by atoms with Crippen LogP contribution in [-0.4, -0.2) is 9.78 Å². The molecule has 5 heteroatoms. The first-order valence-corrected chi connectivity index (χ1v) is 6.62. The average Bonchev–Trinajstić information content (AvgIpc) is 2.86. The van der Waals surface area contributed by atoms with Crippen molar-refractivity contribution in [1.29, 1.82) is 0 Å². The van der Waals surface area contributed by atoms with Gasteiger partial charge < -0.3 is 11.1 Å². The van der Waals surface area contributed by atoms with Gasteiger partial charge in [-0.25, -0.2) is 0 Å². The lowest BCUT2D eigenvalue weighted by molar-refractivity contribution is 0.696. The molecule has 0 atom stereocenters. The summed E-state index contributed by atoms with van der Waals surface area (Å²) >= 11 is 1.69. The van der Waals surface area contributed by atoms with Crippen molar-refractivity contribution in [2.45, 2.75) is 26.4 Å². The molecule has 2 aromatic rings. The topological polar surface area (TPSA) is 55.9 Å². The lowest BCUT2D eigenvalue weighted by Gasteiger charge is -2.03. The van der Waals surface area contributed by atoms with Crippen molar-refractivity contribution in [2.24, 2.45) is 7.05 Å². The highest BCUT2D eigenvalue weighted by Crippen LogP contribution is 2.18. The molecule has 0 unspecified atom stereocenters. The molecule has 3 N–H and O–H groups in total. The second-order valence-corrected chi connectivity index (χ2v) is 5.03. The molecule has 2 aromatic heterocycles. The Morgan fingerprint density at radius 3 is 2.94 bits per heavy atom. The van der Waals surface area contributed by atoms with Crippen LogP contribution in [0, 0.1) is 0 Å². The van der Waals surface area contributed by atoms with E-state index < -0.39 is 0 Å². The summed E-state index contributed by atoms with van der Waals surface area (Å²) in [5, 5.41) is 9.85. The monoisotopic (exact) mass is 250 g/mol. The third kappa shape index (κ3) is 2.87. The fraction of sp³-hybridized carbons (Fsp3) is 0.417. The molecule has 0 saturated carbocycles. The van der Waals surface area contributed by atoms with Crippen molar-refractivity contribution in [1.82, 2.24) is 15.1 Å². The van der Waals surface area contributed by atoms with Crippen LogP contribution in [0.5, 0.6) is 0 Å². The number of hydrogen-bond donors (Lipinski definition) is 2. The first-order valence-electron chi connectivity index (χ1n) is 5.74. The molecule has 0 fully saturated rings. The zero-order valence-corrected chi connectivity index (χ0v) is 11.0. The molecular weight excluding hydrogens is 232 g/mol. The van der Waals surface area contributed by atoms with Crippen LogP contribution in [0.1, 0.15) is 23.1 Å². The Labute approximate surface area is 105 Å². The number of anilines is 1. The summed E-state index contributed by atoms with van der Waals surface area (Å²) in [7, 11) is 1.96. The van der Waals surface area contributed by atoms with Crippen molar-refractivity contribution >= 4 is 17.0 Å². The van der Waals surface area contributed by atoms with E-state index in [1.807, 2.05) is 23.2 Å². The summed E-state index contributed by atoms with van der Waals surface area (Å²) in [4.78, 5) is 1.20. The molecule has 0 spiro atoms. The van der Waals surface area contributed by atoms with E-state index in [1.54, 1.807) is 11.3 Å². The summed E-state index contributed by atoms with van der Waals surface area (Å²) in [6, 6.07) is 1.95. The van der Waals surface area contributed by atoms with Crippen molar-refractivity contribution in [3.8, 4) is 0 Å². The maximum absolute atomic E-state index is 5.83. The van der Waals surface area contributed by atoms with Crippen molar-refractivity contribution in [3.63, 3.8) is 0 Å². The fourth-order valence-electron chi connectivity index (χ4n) is 1.83. The van der Waals surface area contributed by atoms with Crippen LogP contribution in [0.25, 0.3) is 0 Å². The summed E-state index contributed by atoms with van der Waals surface area (Å²) in [5.41, 5.74) is 9.15. The minimum atomic E-state index is 0.821. The van der Waals surface area contributed by atoms with Crippen LogP contribution in [0.4, 0.5) is 5.69 Å². The predicted octanol–water partition coefficient (Wildman–Crippen LogP) is 1.92. The Morgan fingerprint density at radius 1 is 1.47 bits per heavy atom. The summed E-state index contributed by atoms with van der Waals surface area (Å²) in [6.45, 7) is 3.79. The molecular formula is C12H18N4S. The zero-order chi connectivity index (χ0) is 12.3. The van der Waals surface area contributed by atoms with E-state index >= 15 is 0 Å². The molecule has 0 radical (unpaired) electrons. The number of nitrogens with two attached hydrogens (primary N) is 1. The molecule has 17 heavy (non-hydrogen) atoms. The van der Waals surface area contributed by atoms with Gasteiger partial charge >= 0.3 is 0 Å². The van der Waals surface area contributed by atoms with Crippen LogP contribution in [-0.2, 0) is 26.6 Å². The van der Waals surface area contributed by atoms with Gasteiger partial charge in [-0.05, 0) is 17.9 Å². The number of hydrogen-bond acceptors (Lipinski definition) is 4. The van der Waals surface area contributed by atoms with Crippen molar-refractivity contribution in [2.75, 3.05) is 5.73 Å². The maximum Gasteiger partial charge on any atom is 0.0666 e. The summed E-state index contributed by atoms with van der Waals surface area (Å²) in [6.07, 6.45) is 3.04. The lowest BCUT2D eigenvalue weighted by atomic mass is 10.2. The molecule has 0 aliphatic carbocycles. The predicted molar refractivity (Wildman–Crippen MR) is 71.9 cm³/mol. The fourth-order valence-corrected chi connectivity index (χ4v) is 2.60. The van der Waals surface area contributed by atoms with Gasteiger partial charge in [-0.2, -0.15) is 5.10 Å². The first-order chi connectivity index (χ1) is 8.20. The largest absolute Gasteiger partial charge is 0.398 e. The van der Waals surface area contributed by atoms with E-state index in [2.05, 4.69) is 23.5 Å². The molecule has 2 rings (SSSR count). The molecule has 92 valence electrons. The van der Waals surface area contributed by atoms with Crippen molar-refractivity contribution in [3.05, 3.63) is 33.8 Å². The third-order valence-corrected chi connectivity index (χ3v) is 3.64. The van der Waals surface area contributed by atoms with Crippen LogP contribution in [0.2, 0.25) is 0 Å². The van der Waals surface area contributed by atoms with E-state index in [1.165, 1.54) is 16.1 Å². The van der Waals surface area contributed by atoms with Gasteiger partial charge in [0.25, 0.3) is 0 Å². The standard InChI is InChI=1S/C12H18N4S/c1-3-11-9(8-16(2)15-11)6-14-7-12-10(13)4-5-17-12/h4-5,8,14H,3,6-7,13H2,1-2H3. The first kappa shape index (κ1) is 12.1. The van der Waals surface area contributed by atoms with Gasteiger partial charge in [0.2, 0.25) is 0 Å². The minimum Gasteiger partial charge on any atom is -0.398 e. The van der Waals surface area contributed by atoms with Gasteiger partial charge in [-0.15, -0.1) is 11.3 Å². The Bertz CT molecular complexity index is 486. The van der Waals surface area contributed by atoms with Gasteiger partial charge in [0, 0.05) is 42.5 Å². The molecule has 0 amide bonds. The molecule has 2 heterocycles. The van der Waals surface area contributed by atoms with Crippen LogP contribution in [0.15, 0.2) is 17.6 Å². The smallest absolute Gasteiger partial charge is 0.0666 e. The highest BCUT2D eigenvalue weighted by Gasteiger charge is 2.06. The van der Waals surface area contributed by atoms with E-state index in [-0.39, 0.29) is 0 Å². The molecule has 0 saturated heterocycles. The molecule has 4 nitrogen and oxygen atoms in total. The van der Waals surface area contributed by atoms with E-state index in [0.717, 1.165) is 25.2 Å².